The Kier molecular flexibility index (Phi) is 4.07. The summed E-state index contributed by atoms with van der Waals surface area (Å²) in [5.41, 5.74) is 1.17. The molecule has 84 valence electrons. The van der Waals surface area contributed by atoms with Crippen molar-refractivity contribution in [3.05, 3.63) is 46.7 Å². The highest BCUT2D eigenvalue weighted by atomic mass is 79.9. The van der Waals surface area contributed by atoms with Crippen LogP contribution in [0, 0.1) is 0 Å². The number of rotatable bonds is 5. The molecular weight excluding hydrogens is 268 g/mol. The number of halogens is 1. The summed E-state index contributed by atoms with van der Waals surface area (Å²) < 4.78 is 1.01. The molecule has 0 aliphatic rings. The second-order valence-electron chi connectivity index (χ2n) is 3.47. The van der Waals surface area contributed by atoms with E-state index in [1.165, 1.54) is 5.56 Å². The van der Waals surface area contributed by atoms with Crippen LogP contribution in [0.15, 0.2) is 35.3 Å². The second-order valence-corrected chi connectivity index (χ2v) is 4.39. The molecule has 2 aromatic heterocycles. The molecule has 0 saturated carbocycles. The highest BCUT2D eigenvalue weighted by Crippen LogP contribution is 2.08. The van der Waals surface area contributed by atoms with Crippen LogP contribution < -0.4 is 5.32 Å². The molecule has 5 heteroatoms. The van der Waals surface area contributed by atoms with Crippen LogP contribution in [-0.2, 0) is 13.0 Å². The van der Waals surface area contributed by atoms with Crippen molar-refractivity contribution in [2.24, 2.45) is 0 Å². The smallest absolute Gasteiger partial charge is 0.107 e. The maximum atomic E-state index is 4.16. The van der Waals surface area contributed by atoms with Crippen LogP contribution in [0.1, 0.15) is 11.4 Å². The molecule has 0 fully saturated rings. The lowest BCUT2D eigenvalue weighted by atomic mass is 10.3. The predicted octanol–water partition coefficient (Wildman–Crippen LogP) is 1.90. The molecule has 0 amide bonds. The zero-order chi connectivity index (χ0) is 11.2. The average molecular weight is 281 g/mol. The molecule has 2 heterocycles. The van der Waals surface area contributed by atoms with Crippen molar-refractivity contribution in [2.45, 2.75) is 13.0 Å². The van der Waals surface area contributed by atoms with Gasteiger partial charge in [0.1, 0.15) is 5.82 Å². The maximum Gasteiger partial charge on any atom is 0.107 e. The minimum absolute atomic E-state index is 0.827. The van der Waals surface area contributed by atoms with Crippen LogP contribution in [0.4, 0.5) is 0 Å². The first-order valence-corrected chi connectivity index (χ1v) is 5.92. The van der Waals surface area contributed by atoms with Gasteiger partial charge in [-0.05, 0) is 27.6 Å². The third-order valence-electron chi connectivity index (χ3n) is 2.18. The fourth-order valence-electron chi connectivity index (χ4n) is 1.43. The van der Waals surface area contributed by atoms with Gasteiger partial charge in [-0.25, -0.2) is 4.98 Å². The lowest BCUT2D eigenvalue weighted by Crippen LogP contribution is -2.17. The highest BCUT2D eigenvalue weighted by Gasteiger charge is 1.96. The van der Waals surface area contributed by atoms with Gasteiger partial charge in [-0.1, -0.05) is 0 Å². The summed E-state index contributed by atoms with van der Waals surface area (Å²) in [5, 5.41) is 3.35. The Morgan fingerprint density at radius 2 is 2.31 bits per heavy atom. The van der Waals surface area contributed by atoms with E-state index in [4.69, 9.17) is 0 Å². The Hall–Kier alpha value is -1.20. The number of aromatic nitrogens is 3. The fraction of sp³-hybridized carbons (Fsp3) is 0.273. The Balaban J connectivity index is 1.72. The van der Waals surface area contributed by atoms with Gasteiger partial charge in [0.05, 0.1) is 0 Å². The van der Waals surface area contributed by atoms with Crippen molar-refractivity contribution in [2.75, 3.05) is 6.54 Å². The summed E-state index contributed by atoms with van der Waals surface area (Å²) in [7, 11) is 0. The number of hydrogen-bond acceptors (Lipinski definition) is 3. The molecule has 0 radical (unpaired) electrons. The van der Waals surface area contributed by atoms with Gasteiger partial charge in [-0.2, -0.15) is 0 Å². The summed E-state index contributed by atoms with van der Waals surface area (Å²) in [6, 6.07) is 2.06. The predicted molar refractivity (Wildman–Crippen MR) is 65.9 cm³/mol. The van der Waals surface area contributed by atoms with Gasteiger partial charge in [0, 0.05) is 48.8 Å². The van der Waals surface area contributed by atoms with E-state index in [1.807, 2.05) is 12.4 Å². The Bertz CT molecular complexity index is 427. The fourth-order valence-corrected chi connectivity index (χ4v) is 1.84. The van der Waals surface area contributed by atoms with Crippen LogP contribution in [0.25, 0.3) is 0 Å². The standard InChI is InChI=1S/C11H13BrN4/c12-10-5-9(7-14-8-10)6-13-2-1-11-15-3-4-16-11/h3-5,7-8,13H,1-2,6H2,(H,15,16). The average Bonchev–Trinajstić information content (AvgIpc) is 2.77. The number of imidazole rings is 1. The van der Waals surface area contributed by atoms with Crippen molar-refractivity contribution in [3.63, 3.8) is 0 Å². The molecule has 2 N–H and O–H groups in total. The minimum atomic E-state index is 0.827. The van der Waals surface area contributed by atoms with Crippen LogP contribution in [0.5, 0.6) is 0 Å². The van der Waals surface area contributed by atoms with Crippen molar-refractivity contribution < 1.29 is 0 Å². The number of nitrogens with one attached hydrogen (secondary N) is 2. The largest absolute Gasteiger partial charge is 0.349 e. The van der Waals surface area contributed by atoms with Gasteiger partial charge in [-0.3, -0.25) is 4.98 Å². The van der Waals surface area contributed by atoms with Crippen molar-refractivity contribution in [1.82, 2.24) is 20.3 Å². The van der Waals surface area contributed by atoms with Crippen molar-refractivity contribution >= 4 is 15.9 Å². The summed E-state index contributed by atoms with van der Waals surface area (Å²) in [6.45, 7) is 1.73. The van der Waals surface area contributed by atoms with Gasteiger partial charge in [0.2, 0.25) is 0 Å². The summed E-state index contributed by atoms with van der Waals surface area (Å²) in [5.74, 6) is 1.01. The Morgan fingerprint density at radius 3 is 3.06 bits per heavy atom. The molecule has 0 aliphatic heterocycles. The van der Waals surface area contributed by atoms with Gasteiger partial charge < -0.3 is 10.3 Å². The number of aromatic amines is 1. The summed E-state index contributed by atoms with van der Waals surface area (Å²) in [4.78, 5) is 11.3. The monoisotopic (exact) mass is 280 g/mol. The zero-order valence-corrected chi connectivity index (χ0v) is 10.4. The third-order valence-corrected chi connectivity index (χ3v) is 2.62. The molecule has 0 atom stereocenters. The van der Waals surface area contributed by atoms with Crippen LogP contribution in [-0.4, -0.2) is 21.5 Å². The maximum absolute atomic E-state index is 4.16. The summed E-state index contributed by atoms with van der Waals surface area (Å²) >= 11 is 3.40. The molecule has 0 saturated heterocycles. The lowest BCUT2D eigenvalue weighted by Gasteiger charge is -2.03. The van der Waals surface area contributed by atoms with E-state index < -0.39 is 0 Å². The van der Waals surface area contributed by atoms with Gasteiger partial charge in [0.25, 0.3) is 0 Å². The normalized spacial score (nSPS) is 10.6. The van der Waals surface area contributed by atoms with E-state index in [0.29, 0.717) is 0 Å². The number of nitrogens with zero attached hydrogens (tertiary/aromatic N) is 2. The topological polar surface area (TPSA) is 53.6 Å². The minimum Gasteiger partial charge on any atom is -0.349 e. The SMILES string of the molecule is Brc1cncc(CNCCc2ncc[nH]2)c1. The second kappa shape index (κ2) is 5.77. The summed E-state index contributed by atoms with van der Waals surface area (Å²) in [6.07, 6.45) is 8.17. The molecule has 16 heavy (non-hydrogen) atoms. The number of H-pyrrole nitrogens is 1. The molecule has 0 spiro atoms. The van der Waals surface area contributed by atoms with Crippen molar-refractivity contribution in [1.29, 1.82) is 0 Å². The quantitative estimate of drug-likeness (QED) is 0.823. The molecular formula is C11H13BrN4. The number of pyridine rings is 1. The van der Waals surface area contributed by atoms with Crippen LogP contribution >= 0.6 is 15.9 Å². The van der Waals surface area contributed by atoms with E-state index in [-0.39, 0.29) is 0 Å². The molecule has 4 nitrogen and oxygen atoms in total. The molecule has 0 aromatic carbocycles. The third kappa shape index (κ3) is 3.43. The van der Waals surface area contributed by atoms with Crippen LogP contribution in [0.3, 0.4) is 0 Å². The zero-order valence-electron chi connectivity index (χ0n) is 8.78. The van der Waals surface area contributed by atoms with E-state index in [0.717, 1.165) is 29.8 Å². The van der Waals surface area contributed by atoms with E-state index >= 15 is 0 Å². The molecule has 0 bridgehead atoms. The number of hydrogen-bond donors (Lipinski definition) is 2. The molecule has 0 aliphatic carbocycles. The Morgan fingerprint density at radius 1 is 1.38 bits per heavy atom. The molecule has 0 unspecified atom stereocenters. The van der Waals surface area contributed by atoms with Crippen LogP contribution in [0.2, 0.25) is 0 Å². The Labute approximate surface area is 103 Å². The van der Waals surface area contributed by atoms with E-state index in [9.17, 15) is 0 Å². The lowest BCUT2D eigenvalue weighted by molar-refractivity contribution is 0.672. The van der Waals surface area contributed by atoms with Gasteiger partial charge >= 0.3 is 0 Å². The first-order chi connectivity index (χ1) is 7.84. The van der Waals surface area contributed by atoms with Gasteiger partial charge in [0.15, 0.2) is 0 Å². The first kappa shape index (κ1) is 11.3. The van der Waals surface area contributed by atoms with Crippen molar-refractivity contribution in [3.8, 4) is 0 Å². The highest BCUT2D eigenvalue weighted by molar-refractivity contribution is 9.10. The van der Waals surface area contributed by atoms with Gasteiger partial charge in [-0.15, -0.1) is 0 Å². The molecule has 2 rings (SSSR count). The first-order valence-electron chi connectivity index (χ1n) is 5.13. The van der Waals surface area contributed by atoms with E-state index in [2.05, 4.69) is 42.3 Å². The molecule has 2 aromatic rings. The van der Waals surface area contributed by atoms with E-state index in [1.54, 1.807) is 12.4 Å².